The van der Waals surface area contributed by atoms with Crippen molar-refractivity contribution in [3.05, 3.63) is 83.4 Å². The zero-order valence-electron chi connectivity index (χ0n) is 15.3. The van der Waals surface area contributed by atoms with Crippen molar-refractivity contribution in [2.75, 3.05) is 5.32 Å². The highest BCUT2D eigenvalue weighted by molar-refractivity contribution is 6.05. The lowest BCUT2D eigenvalue weighted by molar-refractivity contribution is 0.102. The fraction of sp³-hybridized carbons (Fsp3) is 0.130. The van der Waals surface area contributed by atoms with E-state index in [0.717, 1.165) is 23.1 Å². The molecule has 134 valence electrons. The van der Waals surface area contributed by atoms with Crippen molar-refractivity contribution in [3.8, 4) is 11.5 Å². The predicted octanol–water partition coefficient (Wildman–Crippen LogP) is 5.62. The SMILES string of the molecule is CCc1ccc(-c2nc3ccc(NC(=O)c4ccccc4C)cc3o2)cc1. The molecule has 4 rings (SSSR count). The first kappa shape index (κ1) is 17.0. The third kappa shape index (κ3) is 3.47. The lowest BCUT2D eigenvalue weighted by atomic mass is 10.1. The minimum absolute atomic E-state index is 0.137. The molecule has 0 saturated carbocycles. The first-order valence-electron chi connectivity index (χ1n) is 9.01. The summed E-state index contributed by atoms with van der Waals surface area (Å²) in [6.07, 6.45) is 0.998. The van der Waals surface area contributed by atoms with E-state index in [1.165, 1.54) is 5.56 Å². The molecule has 1 heterocycles. The Morgan fingerprint density at radius 1 is 1.04 bits per heavy atom. The van der Waals surface area contributed by atoms with Crippen LogP contribution in [0.25, 0.3) is 22.6 Å². The lowest BCUT2D eigenvalue weighted by Gasteiger charge is -2.07. The van der Waals surface area contributed by atoms with Gasteiger partial charge >= 0.3 is 0 Å². The third-order valence-electron chi connectivity index (χ3n) is 4.65. The molecule has 0 saturated heterocycles. The number of benzene rings is 3. The van der Waals surface area contributed by atoms with Crippen LogP contribution >= 0.6 is 0 Å². The second kappa shape index (κ2) is 7.08. The molecular formula is C23H20N2O2. The number of carbonyl (C=O) groups is 1. The summed E-state index contributed by atoms with van der Waals surface area (Å²) in [5, 5.41) is 2.93. The van der Waals surface area contributed by atoms with Crippen LogP contribution in [0.15, 0.2) is 71.1 Å². The van der Waals surface area contributed by atoms with E-state index in [1.807, 2.05) is 61.5 Å². The highest BCUT2D eigenvalue weighted by Gasteiger charge is 2.12. The quantitative estimate of drug-likeness (QED) is 0.516. The van der Waals surface area contributed by atoms with Gasteiger partial charge in [0.05, 0.1) is 0 Å². The van der Waals surface area contributed by atoms with Gasteiger partial charge in [0.1, 0.15) is 5.52 Å². The number of fused-ring (bicyclic) bond motifs is 1. The van der Waals surface area contributed by atoms with Crippen LogP contribution in [0, 0.1) is 6.92 Å². The van der Waals surface area contributed by atoms with Gasteiger partial charge in [-0.25, -0.2) is 4.98 Å². The van der Waals surface area contributed by atoms with Gasteiger partial charge in [0.25, 0.3) is 5.91 Å². The number of aromatic nitrogens is 1. The Bertz CT molecular complexity index is 1110. The number of rotatable bonds is 4. The summed E-state index contributed by atoms with van der Waals surface area (Å²) < 4.78 is 5.92. The van der Waals surface area contributed by atoms with Gasteiger partial charge in [-0.05, 0) is 54.8 Å². The molecule has 0 aliphatic carbocycles. The van der Waals surface area contributed by atoms with Crippen molar-refractivity contribution in [1.82, 2.24) is 4.98 Å². The van der Waals surface area contributed by atoms with Gasteiger partial charge in [-0.3, -0.25) is 4.79 Å². The van der Waals surface area contributed by atoms with E-state index in [0.29, 0.717) is 22.7 Å². The van der Waals surface area contributed by atoms with E-state index in [4.69, 9.17) is 4.42 Å². The second-order valence-electron chi connectivity index (χ2n) is 6.52. The Hall–Kier alpha value is -3.40. The third-order valence-corrected chi connectivity index (χ3v) is 4.65. The zero-order chi connectivity index (χ0) is 18.8. The fourth-order valence-corrected chi connectivity index (χ4v) is 3.03. The summed E-state index contributed by atoms with van der Waals surface area (Å²) in [6.45, 7) is 4.05. The first-order chi connectivity index (χ1) is 13.1. The highest BCUT2D eigenvalue weighted by atomic mass is 16.3. The smallest absolute Gasteiger partial charge is 0.255 e. The first-order valence-corrected chi connectivity index (χ1v) is 9.01. The topological polar surface area (TPSA) is 55.1 Å². The van der Waals surface area contributed by atoms with Crippen LogP contribution in [0.1, 0.15) is 28.4 Å². The molecule has 0 aliphatic rings. The van der Waals surface area contributed by atoms with Crippen LogP contribution < -0.4 is 5.32 Å². The summed E-state index contributed by atoms with van der Waals surface area (Å²) in [4.78, 5) is 17.1. The molecule has 0 unspecified atom stereocenters. The highest BCUT2D eigenvalue weighted by Crippen LogP contribution is 2.27. The van der Waals surface area contributed by atoms with Gasteiger partial charge in [-0.15, -0.1) is 0 Å². The number of hydrogen-bond acceptors (Lipinski definition) is 3. The molecule has 27 heavy (non-hydrogen) atoms. The minimum Gasteiger partial charge on any atom is -0.436 e. The number of nitrogens with zero attached hydrogens (tertiary/aromatic N) is 1. The van der Waals surface area contributed by atoms with Crippen molar-refractivity contribution in [1.29, 1.82) is 0 Å². The molecule has 0 fully saturated rings. The molecule has 1 aromatic heterocycles. The average molecular weight is 356 g/mol. The number of amides is 1. The molecule has 4 aromatic rings. The average Bonchev–Trinajstić information content (AvgIpc) is 3.11. The molecule has 1 N–H and O–H groups in total. The molecular weight excluding hydrogens is 336 g/mol. The Morgan fingerprint density at radius 3 is 2.56 bits per heavy atom. The van der Waals surface area contributed by atoms with E-state index in [2.05, 4.69) is 29.4 Å². The van der Waals surface area contributed by atoms with E-state index in [-0.39, 0.29) is 5.91 Å². The molecule has 0 bridgehead atoms. The van der Waals surface area contributed by atoms with E-state index in [1.54, 1.807) is 0 Å². The predicted molar refractivity (Wildman–Crippen MR) is 108 cm³/mol. The summed E-state index contributed by atoms with van der Waals surface area (Å²) in [5.74, 6) is 0.442. The fourth-order valence-electron chi connectivity index (χ4n) is 3.03. The van der Waals surface area contributed by atoms with Crippen molar-refractivity contribution >= 4 is 22.7 Å². The maximum atomic E-state index is 12.5. The molecule has 4 heteroatoms. The van der Waals surface area contributed by atoms with Crippen molar-refractivity contribution in [3.63, 3.8) is 0 Å². The molecule has 4 nitrogen and oxygen atoms in total. The van der Waals surface area contributed by atoms with Crippen molar-refractivity contribution < 1.29 is 9.21 Å². The number of nitrogens with one attached hydrogen (secondary N) is 1. The molecule has 0 spiro atoms. The Kier molecular flexibility index (Phi) is 4.47. The van der Waals surface area contributed by atoms with Crippen LogP contribution in [-0.4, -0.2) is 10.9 Å². The second-order valence-corrected chi connectivity index (χ2v) is 6.52. The van der Waals surface area contributed by atoms with Crippen molar-refractivity contribution in [2.24, 2.45) is 0 Å². The van der Waals surface area contributed by atoms with Crippen LogP contribution in [0.3, 0.4) is 0 Å². The van der Waals surface area contributed by atoms with E-state index >= 15 is 0 Å². The van der Waals surface area contributed by atoms with Crippen LogP contribution in [0.5, 0.6) is 0 Å². The van der Waals surface area contributed by atoms with Gasteiger partial charge in [0.15, 0.2) is 5.58 Å². The Labute approximate surface area is 157 Å². The molecule has 1 amide bonds. The Balaban J connectivity index is 1.60. The van der Waals surface area contributed by atoms with Gasteiger partial charge in [-0.2, -0.15) is 0 Å². The summed E-state index contributed by atoms with van der Waals surface area (Å²) >= 11 is 0. The largest absolute Gasteiger partial charge is 0.436 e. The summed E-state index contributed by atoms with van der Waals surface area (Å²) in [7, 11) is 0. The number of carbonyl (C=O) groups excluding carboxylic acids is 1. The normalized spacial score (nSPS) is 10.9. The van der Waals surface area contributed by atoms with Gasteiger partial charge < -0.3 is 9.73 Å². The maximum absolute atomic E-state index is 12.5. The summed E-state index contributed by atoms with van der Waals surface area (Å²) in [6, 6.07) is 21.2. The number of hydrogen-bond donors (Lipinski definition) is 1. The standard InChI is InChI=1S/C23H20N2O2/c1-3-16-8-10-17(11-9-16)23-25-20-13-12-18(14-21(20)27-23)24-22(26)19-7-5-4-6-15(19)2/h4-14H,3H2,1-2H3,(H,24,26). The molecule has 0 radical (unpaired) electrons. The Morgan fingerprint density at radius 2 is 1.81 bits per heavy atom. The van der Waals surface area contributed by atoms with Crippen molar-refractivity contribution in [2.45, 2.75) is 20.3 Å². The number of aryl methyl sites for hydroxylation is 2. The monoisotopic (exact) mass is 356 g/mol. The minimum atomic E-state index is -0.137. The number of oxazole rings is 1. The summed E-state index contributed by atoms with van der Waals surface area (Å²) in [5.41, 5.74) is 5.90. The lowest BCUT2D eigenvalue weighted by Crippen LogP contribution is -2.13. The molecule has 0 aliphatic heterocycles. The van der Waals surface area contributed by atoms with Crippen LogP contribution in [-0.2, 0) is 6.42 Å². The van der Waals surface area contributed by atoms with E-state index in [9.17, 15) is 4.79 Å². The zero-order valence-corrected chi connectivity index (χ0v) is 15.3. The van der Waals surface area contributed by atoms with Gasteiger partial charge in [-0.1, -0.05) is 37.3 Å². The van der Waals surface area contributed by atoms with Crippen LogP contribution in [0.4, 0.5) is 5.69 Å². The van der Waals surface area contributed by atoms with Crippen LogP contribution in [0.2, 0.25) is 0 Å². The maximum Gasteiger partial charge on any atom is 0.255 e. The van der Waals surface area contributed by atoms with Gasteiger partial charge in [0, 0.05) is 22.9 Å². The molecule has 3 aromatic carbocycles. The van der Waals surface area contributed by atoms with E-state index < -0.39 is 0 Å². The molecule has 0 atom stereocenters. The van der Waals surface area contributed by atoms with Gasteiger partial charge in [0.2, 0.25) is 5.89 Å². The number of anilines is 1.